The van der Waals surface area contributed by atoms with Crippen molar-refractivity contribution in [1.29, 1.82) is 0 Å². The summed E-state index contributed by atoms with van der Waals surface area (Å²) in [6, 6.07) is 19.5. The van der Waals surface area contributed by atoms with Crippen LogP contribution in [-0.4, -0.2) is 10.2 Å². The number of H-pyrrole nitrogens is 1. The largest absolute Gasteiger partial charge is 0.301 e. The van der Waals surface area contributed by atoms with E-state index in [1.54, 1.807) is 6.20 Å². The van der Waals surface area contributed by atoms with Crippen LogP contribution in [0.15, 0.2) is 60.8 Å². The van der Waals surface area contributed by atoms with Crippen molar-refractivity contribution < 1.29 is 0 Å². The highest BCUT2D eigenvalue weighted by molar-refractivity contribution is 5.78. The van der Waals surface area contributed by atoms with Gasteiger partial charge in [-0.2, -0.15) is 5.10 Å². The summed E-state index contributed by atoms with van der Waals surface area (Å²) in [6.07, 6.45) is 1.79. The number of aromatic nitrogens is 2. The third-order valence-corrected chi connectivity index (χ3v) is 3.89. The van der Waals surface area contributed by atoms with Gasteiger partial charge in [0.15, 0.2) is 0 Å². The Bertz CT molecular complexity index is 686. The molecule has 0 fully saturated rings. The normalized spacial score (nSPS) is 13.2. The molecule has 0 bridgehead atoms. The van der Waals surface area contributed by atoms with Crippen LogP contribution in [0.2, 0.25) is 0 Å². The van der Waals surface area contributed by atoms with Gasteiger partial charge in [-0.15, -0.1) is 0 Å². The van der Waals surface area contributed by atoms with Crippen LogP contribution in [-0.2, 0) is 6.54 Å². The molecule has 0 saturated carbocycles. The van der Waals surface area contributed by atoms with Crippen LogP contribution in [0, 0.1) is 0 Å². The number of rotatable bonds is 3. The number of fused-ring (bicyclic) bond motifs is 3. The minimum Gasteiger partial charge on any atom is -0.301 e. The molecular formula is C17H15N3. The van der Waals surface area contributed by atoms with E-state index >= 15 is 0 Å². The first-order chi connectivity index (χ1) is 9.93. The van der Waals surface area contributed by atoms with Crippen molar-refractivity contribution in [2.75, 3.05) is 0 Å². The predicted octanol–water partition coefficient (Wildman–Crippen LogP) is 3.27. The zero-order valence-electron chi connectivity index (χ0n) is 11.0. The Labute approximate surface area is 117 Å². The van der Waals surface area contributed by atoms with E-state index in [0.29, 0.717) is 0 Å². The number of nitrogens with zero attached hydrogens (tertiary/aromatic N) is 1. The molecule has 2 N–H and O–H groups in total. The fourth-order valence-corrected chi connectivity index (χ4v) is 2.97. The van der Waals surface area contributed by atoms with Gasteiger partial charge in [-0.05, 0) is 28.3 Å². The van der Waals surface area contributed by atoms with Crippen molar-refractivity contribution in [1.82, 2.24) is 15.5 Å². The predicted molar refractivity (Wildman–Crippen MR) is 79.1 cm³/mol. The molecular weight excluding hydrogens is 246 g/mol. The van der Waals surface area contributed by atoms with Crippen molar-refractivity contribution >= 4 is 0 Å². The van der Waals surface area contributed by atoms with Crippen LogP contribution in [0.4, 0.5) is 0 Å². The molecule has 20 heavy (non-hydrogen) atoms. The first-order valence-electron chi connectivity index (χ1n) is 6.83. The summed E-state index contributed by atoms with van der Waals surface area (Å²) >= 11 is 0. The van der Waals surface area contributed by atoms with E-state index in [1.807, 2.05) is 6.07 Å². The highest BCUT2D eigenvalue weighted by Gasteiger charge is 2.27. The summed E-state index contributed by atoms with van der Waals surface area (Å²) < 4.78 is 0. The highest BCUT2D eigenvalue weighted by Crippen LogP contribution is 2.42. The van der Waals surface area contributed by atoms with Crippen molar-refractivity contribution in [2.24, 2.45) is 0 Å². The van der Waals surface area contributed by atoms with Gasteiger partial charge in [-0.3, -0.25) is 5.10 Å². The molecule has 0 amide bonds. The van der Waals surface area contributed by atoms with Gasteiger partial charge in [0, 0.05) is 18.4 Å². The van der Waals surface area contributed by atoms with E-state index in [4.69, 9.17) is 0 Å². The fourth-order valence-electron chi connectivity index (χ4n) is 2.97. The standard InChI is InChI=1S/C17H15N3/c1-3-7-15-13(5-1)14-6-2-4-8-16(14)17(15)18-11-12-9-10-19-20-12/h1-10,17-18H,11H2,(H,19,20). The summed E-state index contributed by atoms with van der Waals surface area (Å²) in [5, 5.41) is 10.6. The average Bonchev–Trinajstić information content (AvgIpc) is 3.11. The summed E-state index contributed by atoms with van der Waals surface area (Å²) in [6.45, 7) is 0.785. The van der Waals surface area contributed by atoms with E-state index in [-0.39, 0.29) is 6.04 Å². The van der Waals surface area contributed by atoms with E-state index in [9.17, 15) is 0 Å². The first-order valence-corrected chi connectivity index (χ1v) is 6.83. The van der Waals surface area contributed by atoms with Crippen LogP contribution in [0.5, 0.6) is 0 Å². The second-order valence-corrected chi connectivity index (χ2v) is 5.07. The zero-order valence-corrected chi connectivity index (χ0v) is 11.0. The summed E-state index contributed by atoms with van der Waals surface area (Å²) in [5.41, 5.74) is 6.49. The molecule has 1 aliphatic rings. The number of nitrogens with one attached hydrogen (secondary N) is 2. The molecule has 0 atom stereocenters. The Hall–Kier alpha value is -2.39. The lowest BCUT2D eigenvalue weighted by atomic mass is 10.1. The van der Waals surface area contributed by atoms with Gasteiger partial charge in [0.2, 0.25) is 0 Å². The molecule has 0 unspecified atom stereocenters. The molecule has 1 aromatic heterocycles. The maximum Gasteiger partial charge on any atom is 0.0592 e. The average molecular weight is 261 g/mol. The monoisotopic (exact) mass is 261 g/mol. The lowest BCUT2D eigenvalue weighted by Crippen LogP contribution is -2.20. The molecule has 1 aliphatic carbocycles. The minimum absolute atomic E-state index is 0.255. The van der Waals surface area contributed by atoms with Crippen molar-refractivity contribution in [3.63, 3.8) is 0 Å². The van der Waals surface area contributed by atoms with Crippen molar-refractivity contribution in [2.45, 2.75) is 12.6 Å². The van der Waals surface area contributed by atoms with Gasteiger partial charge in [0.25, 0.3) is 0 Å². The number of benzene rings is 2. The smallest absolute Gasteiger partial charge is 0.0592 e. The summed E-state index contributed by atoms with van der Waals surface area (Å²) in [7, 11) is 0. The Kier molecular flexibility index (Phi) is 2.64. The van der Waals surface area contributed by atoms with Gasteiger partial charge in [0.05, 0.1) is 6.04 Å². The van der Waals surface area contributed by atoms with Gasteiger partial charge in [-0.1, -0.05) is 48.5 Å². The second-order valence-electron chi connectivity index (χ2n) is 5.07. The lowest BCUT2D eigenvalue weighted by molar-refractivity contribution is 0.606. The molecule has 0 spiro atoms. The molecule has 3 aromatic rings. The number of hydrogen-bond acceptors (Lipinski definition) is 2. The van der Waals surface area contributed by atoms with Crippen molar-refractivity contribution in [3.8, 4) is 11.1 Å². The van der Waals surface area contributed by atoms with Gasteiger partial charge >= 0.3 is 0 Å². The zero-order chi connectivity index (χ0) is 13.4. The molecule has 1 heterocycles. The van der Waals surface area contributed by atoms with E-state index in [0.717, 1.165) is 12.2 Å². The van der Waals surface area contributed by atoms with E-state index in [2.05, 4.69) is 64.0 Å². The minimum atomic E-state index is 0.255. The Morgan fingerprint density at radius 1 is 0.900 bits per heavy atom. The molecule has 98 valence electrons. The molecule has 2 aromatic carbocycles. The Balaban J connectivity index is 1.72. The SMILES string of the molecule is c1ccc2c(c1)-c1ccccc1C2NCc1ccn[nH]1. The lowest BCUT2D eigenvalue weighted by Gasteiger charge is -2.15. The topological polar surface area (TPSA) is 40.7 Å². The molecule has 4 rings (SSSR count). The maximum atomic E-state index is 3.99. The summed E-state index contributed by atoms with van der Waals surface area (Å²) in [4.78, 5) is 0. The third-order valence-electron chi connectivity index (χ3n) is 3.89. The number of aromatic amines is 1. The molecule has 3 heteroatoms. The first kappa shape index (κ1) is 11.4. The number of hydrogen-bond donors (Lipinski definition) is 2. The quantitative estimate of drug-likeness (QED) is 0.759. The van der Waals surface area contributed by atoms with Gasteiger partial charge < -0.3 is 5.32 Å². The van der Waals surface area contributed by atoms with Crippen LogP contribution >= 0.6 is 0 Å². The third kappa shape index (κ3) is 1.75. The second kappa shape index (κ2) is 4.62. The maximum absolute atomic E-state index is 3.99. The van der Waals surface area contributed by atoms with Crippen LogP contribution in [0.3, 0.4) is 0 Å². The van der Waals surface area contributed by atoms with Gasteiger partial charge in [0.1, 0.15) is 0 Å². The van der Waals surface area contributed by atoms with Crippen LogP contribution in [0.1, 0.15) is 22.9 Å². The molecule has 0 aliphatic heterocycles. The van der Waals surface area contributed by atoms with Crippen LogP contribution < -0.4 is 5.32 Å². The molecule has 3 nitrogen and oxygen atoms in total. The van der Waals surface area contributed by atoms with Gasteiger partial charge in [-0.25, -0.2) is 0 Å². The molecule has 0 saturated heterocycles. The fraction of sp³-hybridized carbons (Fsp3) is 0.118. The van der Waals surface area contributed by atoms with E-state index in [1.165, 1.54) is 22.3 Å². The summed E-state index contributed by atoms with van der Waals surface area (Å²) in [5.74, 6) is 0. The Morgan fingerprint density at radius 3 is 2.15 bits per heavy atom. The molecule has 0 radical (unpaired) electrons. The Morgan fingerprint density at radius 2 is 1.55 bits per heavy atom. The highest BCUT2D eigenvalue weighted by atomic mass is 15.1. The van der Waals surface area contributed by atoms with Crippen molar-refractivity contribution in [3.05, 3.63) is 77.6 Å². The van der Waals surface area contributed by atoms with E-state index < -0.39 is 0 Å². The van der Waals surface area contributed by atoms with Crippen LogP contribution in [0.25, 0.3) is 11.1 Å².